The van der Waals surface area contributed by atoms with Crippen molar-refractivity contribution in [3.8, 4) is 0 Å². The minimum Gasteiger partial charge on any atom is -0.497 e. The fourth-order valence-electron chi connectivity index (χ4n) is 1.31. The number of rotatable bonds is 1. The van der Waals surface area contributed by atoms with Crippen molar-refractivity contribution in [2.24, 2.45) is 0 Å². The highest BCUT2D eigenvalue weighted by Gasteiger charge is 1.93. The van der Waals surface area contributed by atoms with Gasteiger partial charge in [-0.2, -0.15) is 0 Å². The van der Waals surface area contributed by atoms with E-state index in [-0.39, 0.29) is 5.63 Å². The third-order valence-electron chi connectivity index (χ3n) is 2.06. The van der Waals surface area contributed by atoms with Gasteiger partial charge in [-0.05, 0) is 24.3 Å². The van der Waals surface area contributed by atoms with Gasteiger partial charge in [0.05, 0.1) is 7.11 Å². The van der Waals surface area contributed by atoms with Crippen molar-refractivity contribution in [3.63, 3.8) is 0 Å². The van der Waals surface area contributed by atoms with E-state index >= 15 is 0 Å². The third kappa shape index (κ3) is 2.07. The van der Waals surface area contributed by atoms with E-state index in [0.29, 0.717) is 11.2 Å². The van der Waals surface area contributed by atoms with Gasteiger partial charge in [0.15, 0.2) is 0 Å². The van der Waals surface area contributed by atoms with Gasteiger partial charge < -0.3 is 9.15 Å². The highest BCUT2D eigenvalue weighted by atomic mass is 16.5. The lowest BCUT2D eigenvalue weighted by Gasteiger charge is -1.98. The van der Waals surface area contributed by atoms with Gasteiger partial charge >= 0.3 is 5.63 Å². The summed E-state index contributed by atoms with van der Waals surface area (Å²) in [6.07, 6.45) is 9.02. The monoisotopic (exact) mass is 202 g/mol. The van der Waals surface area contributed by atoms with Crippen molar-refractivity contribution in [1.29, 1.82) is 0 Å². The van der Waals surface area contributed by atoms with Crippen LogP contribution in [0, 0.1) is 0 Å². The number of fused-ring (bicyclic) bond motifs is 1. The number of allylic oxidation sites excluding steroid dienone is 3. The van der Waals surface area contributed by atoms with Gasteiger partial charge in [0.25, 0.3) is 0 Å². The second-order valence-electron chi connectivity index (χ2n) is 3.04. The van der Waals surface area contributed by atoms with E-state index in [9.17, 15) is 4.79 Å². The first-order valence-corrected chi connectivity index (χ1v) is 4.54. The van der Waals surface area contributed by atoms with Crippen LogP contribution >= 0.6 is 0 Å². The Balaban J connectivity index is 2.71. The smallest absolute Gasteiger partial charge is 0.336 e. The van der Waals surface area contributed by atoms with E-state index in [1.54, 1.807) is 25.3 Å². The second-order valence-corrected chi connectivity index (χ2v) is 3.04. The number of ether oxygens (including phenoxy) is 1. The molecule has 0 radical (unpaired) electrons. The molecule has 1 aromatic heterocycles. The van der Waals surface area contributed by atoms with Crippen LogP contribution in [0.5, 0.6) is 0 Å². The molecule has 1 aliphatic rings. The van der Waals surface area contributed by atoms with Crippen LogP contribution in [-0.2, 0) is 4.74 Å². The molecule has 0 bridgehead atoms. The van der Waals surface area contributed by atoms with Crippen LogP contribution in [-0.4, -0.2) is 7.11 Å². The molecule has 0 spiro atoms. The van der Waals surface area contributed by atoms with Gasteiger partial charge in [0.1, 0.15) is 11.2 Å². The fourth-order valence-corrected chi connectivity index (χ4v) is 1.31. The molecule has 0 aliphatic heterocycles. The molecule has 0 atom stereocenters. The Bertz CT molecular complexity index is 588. The number of hydrogen-bond acceptors (Lipinski definition) is 3. The summed E-state index contributed by atoms with van der Waals surface area (Å²) in [5, 5.41) is 0.872. The molecular weight excluding hydrogens is 192 g/mol. The largest absolute Gasteiger partial charge is 0.497 e. The van der Waals surface area contributed by atoms with Gasteiger partial charge in [-0.1, -0.05) is 12.2 Å². The van der Waals surface area contributed by atoms with E-state index in [1.165, 1.54) is 6.07 Å². The lowest BCUT2D eigenvalue weighted by atomic mass is 10.2. The Morgan fingerprint density at radius 2 is 2.07 bits per heavy atom. The fraction of sp³-hybridized carbons (Fsp3) is 0.0833. The lowest BCUT2D eigenvalue weighted by molar-refractivity contribution is 0.307. The summed E-state index contributed by atoms with van der Waals surface area (Å²) < 4.78 is 10.1. The average molecular weight is 202 g/mol. The topological polar surface area (TPSA) is 39.4 Å². The van der Waals surface area contributed by atoms with Gasteiger partial charge in [0, 0.05) is 11.3 Å². The van der Waals surface area contributed by atoms with Crippen LogP contribution < -0.4 is 16.3 Å². The van der Waals surface area contributed by atoms with E-state index in [2.05, 4.69) is 0 Å². The number of methoxy groups -OCH3 is 1. The quantitative estimate of drug-likeness (QED) is 0.657. The van der Waals surface area contributed by atoms with Crippen molar-refractivity contribution in [3.05, 3.63) is 57.2 Å². The van der Waals surface area contributed by atoms with Gasteiger partial charge in [-0.25, -0.2) is 4.79 Å². The molecule has 1 heterocycles. The van der Waals surface area contributed by atoms with Crippen LogP contribution in [0.1, 0.15) is 0 Å². The molecule has 3 nitrogen and oxygen atoms in total. The van der Waals surface area contributed by atoms with Crippen LogP contribution in [0.3, 0.4) is 0 Å². The Labute approximate surface area is 86.3 Å². The zero-order valence-corrected chi connectivity index (χ0v) is 8.27. The molecule has 2 rings (SSSR count). The second kappa shape index (κ2) is 4.00. The van der Waals surface area contributed by atoms with Gasteiger partial charge in [-0.3, -0.25) is 0 Å². The van der Waals surface area contributed by atoms with E-state index in [0.717, 1.165) is 5.22 Å². The molecule has 1 aliphatic carbocycles. The number of hydrogen-bond donors (Lipinski definition) is 0. The third-order valence-corrected chi connectivity index (χ3v) is 2.06. The predicted octanol–water partition coefficient (Wildman–Crippen LogP) is 0.301. The van der Waals surface area contributed by atoms with Crippen molar-refractivity contribution < 1.29 is 9.15 Å². The summed E-state index contributed by atoms with van der Waals surface area (Å²) in [5.41, 5.74) is 0.191. The Hall–Kier alpha value is -2.03. The Morgan fingerprint density at radius 1 is 1.20 bits per heavy atom. The standard InChI is InChI=1S/C12H10O3/c1-14-10-4-2-3-9-5-8-12(13)15-11(9)7-6-10/h2-8H,1H3. The van der Waals surface area contributed by atoms with Crippen LogP contribution in [0.15, 0.2) is 45.3 Å². The summed E-state index contributed by atoms with van der Waals surface area (Å²) in [6.45, 7) is 0. The normalized spacial score (nSPS) is 13.8. The minimum atomic E-state index is -0.352. The molecule has 0 aromatic carbocycles. The molecule has 1 aromatic rings. The molecule has 0 fully saturated rings. The molecule has 3 heteroatoms. The molecule has 0 saturated heterocycles. The van der Waals surface area contributed by atoms with Crippen LogP contribution in [0.25, 0.3) is 12.2 Å². The first kappa shape index (κ1) is 9.52. The predicted molar refractivity (Wildman–Crippen MR) is 57.4 cm³/mol. The van der Waals surface area contributed by atoms with Gasteiger partial charge in [0.2, 0.25) is 0 Å². The van der Waals surface area contributed by atoms with Crippen molar-refractivity contribution in [1.82, 2.24) is 0 Å². The minimum absolute atomic E-state index is 0.352. The van der Waals surface area contributed by atoms with Crippen molar-refractivity contribution in [2.45, 2.75) is 0 Å². The maximum absolute atomic E-state index is 11.0. The summed E-state index contributed by atoms with van der Waals surface area (Å²) in [5.74, 6) is 0.711. The molecule has 0 amide bonds. The summed E-state index contributed by atoms with van der Waals surface area (Å²) in [6, 6.07) is 3.13. The van der Waals surface area contributed by atoms with Crippen LogP contribution in [0.4, 0.5) is 0 Å². The molecule has 0 unspecified atom stereocenters. The molecular formula is C12H10O3. The molecule has 0 saturated carbocycles. The first-order valence-electron chi connectivity index (χ1n) is 4.54. The van der Waals surface area contributed by atoms with E-state index < -0.39 is 0 Å². The first-order chi connectivity index (χ1) is 7.29. The van der Waals surface area contributed by atoms with E-state index in [4.69, 9.17) is 9.15 Å². The van der Waals surface area contributed by atoms with Gasteiger partial charge in [-0.15, -0.1) is 0 Å². The van der Waals surface area contributed by atoms with Crippen molar-refractivity contribution >= 4 is 12.2 Å². The lowest BCUT2D eigenvalue weighted by Crippen LogP contribution is -2.28. The molecule has 15 heavy (non-hydrogen) atoms. The highest BCUT2D eigenvalue weighted by molar-refractivity contribution is 5.47. The average Bonchev–Trinajstić information content (AvgIpc) is 2.21. The van der Waals surface area contributed by atoms with Crippen molar-refractivity contribution in [2.75, 3.05) is 7.11 Å². The Morgan fingerprint density at radius 3 is 2.87 bits per heavy atom. The Kier molecular flexibility index (Phi) is 2.54. The molecule has 76 valence electrons. The molecule has 0 N–H and O–H groups in total. The maximum Gasteiger partial charge on any atom is 0.336 e. The summed E-state index contributed by atoms with van der Waals surface area (Å²) in [7, 11) is 1.59. The SMILES string of the molecule is COC1=CC=c2oc(=O)ccc2=CC=C1. The summed E-state index contributed by atoms with van der Waals surface area (Å²) in [4.78, 5) is 11.0. The zero-order chi connectivity index (χ0) is 10.7. The summed E-state index contributed by atoms with van der Waals surface area (Å²) >= 11 is 0. The van der Waals surface area contributed by atoms with Crippen LogP contribution in [0.2, 0.25) is 0 Å². The maximum atomic E-state index is 11.0. The highest BCUT2D eigenvalue weighted by Crippen LogP contribution is 1.98. The zero-order valence-electron chi connectivity index (χ0n) is 8.27. The van der Waals surface area contributed by atoms with E-state index in [1.807, 2.05) is 18.2 Å².